The summed E-state index contributed by atoms with van der Waals surface area (Å²) in [7, 11) is 0. The molecule has 0 radical (unpaired) electrons. The maximum Gasteiger partial charge on any atom is 0.310 e. The molecule has 2 rings (SSSR count). The first kappa shape index (κ1) is 14.9. The Balaban J connectivity index is 1.94. The SMILES string of the molecule is CC(NC(=O)CC1(C(=O)O)CCC1)c1ccc(Cl)cc1. The van der Waals surface area contributed by atoms with Gasteiger partial charge in [0.1, 0.15) is 0 Å². The average Bonchev–Trinajstić information content (AvgIpc) is 2.34. The summed E-state index contributed by atoms with van der Waals surface area (Å²) in [5.41, 5.74) is 0.102. The van der Waals surface area contributed by atoms with Crippen LogP contribution in [0, 0.1) is 5.41 Å². The summed E-state index contributed by atoms with van der Waals surface area (Å²) < 4.78 is 0. The zero-order valence-corrected chi connectivity index (χ0v) is 12.1. The van der Waals surface area contributed by atoms with E-state index in [1.165, 1.54) is 0 Å². The third-order valence-electron chi connectivity index (χ3n) is 4.01. The highest BCUT2D eigenvalue weighted by Gasteiger charge is 2.45. The van der Waals surface area contributed by atoms with Gasteiger partial charge in [-0.2, -0.15) is 0 Å². The number of halogens is 1. The van der Waals surface area contributed by atoms with E-state index in [2.05, 4.69) is 5.32 Å². The summed E-state index contributed by atoms with van der Waals surface area (Å²) in [6, 6.07) is 7.08. The lowest BCUT2D eigenvalue weighted by Crippen LogP contribution is -2.43. The van der Waals surface area contributed by atoms with Gasteiger partial charge < -0.3 is 10.4 Å². The van der Waals surface area contributed by atoms with Crippen LogP contribution in [0.2, 0.25) is 5.02 Å². The molecule has 0 bridgehead atoms. The fourth-order valence-corrected chi connectivity index (χ4v) is 2.63. The Hall–Kier alpha value is -1.55. The smallest absolute Gasteiger partial charge is 0.310 e. The van der Waals surface area contributed by atoms with Gasteiger partial charge in [0.25, 0.3) is 0 Å². The molecule has 1 amide bonds. The first-order chi connectivity index (χ1) is 9.43. The van der Waals surface area contributed by atoms with Gasteiger partial charge in [-0.05, 0) is 37.5 Å². The molecule has 0 aliphatic heterocycles. The fourth-order valence-electron chi connectivity index (χ4n) is 2.50. The van der Waals surface area contributed by atoms with Crippen LogP contribution in [0.15, 0.2) is 24.3 Å². The number of amides is 1. The number of carbonyl (C=O) groups excluding carboxylic acids is 1. The molecular weight excluding hydrogens is 278 g/mol. The molecule has 4 nitrogen and oxygen atoms in total. The van der Waals surface area contributed by atoms with Crippen molar-refractivity contribution >= 4 is 23.5 Å². The van der Waals surface area contributed by atoms with Crippen molar-refractivity contribution in [2.45, 2.75) is 38.6 Å². The van der Waals surface area contributed by atoms with E-state index < -0.39 is 11.4 Å². The Kier molecular flexibility index (Phi) is 4.33. The third-order valence-corrected chi connectivity index (χ3v) is 4.26. The number of hydrogen-bond acceptors (Lipinski definition) is 2. The van der Waals surface area contributed by atoms with E-state index in [0.717, 1.165) is 12.0 Å². The highest BCUT2D eigenvalue weighted by Crippen LogP contribution is 2.44. The van der Waals surface area contributed by atoms with E-state index in [1.54, 1.807) is 12.1 Å². The summed E-state index contributed by atoms with van der Waals surface area (Å²) in [5, 5.41) is 12.7. The lowest BCUT2D eigenvalue weighted by molar-refractivity contribution is -0.157. The van der Waals surface area contributed by atoms with Gasteiger partial charge in [0.15, 0.2) is 0 Å². The highest BCUT2D eigenvalue weighted by molar-refractivity contribution is 6.30. The first-order valence-electron chi connectivity index (χ1n) is 6.71. The number of carboxylic acids is 1. The molecule has 1 atom stereocenters. The molecule has 0 saturated heterocycles. The summed E-state index contributed by atoms with van der Waals surface area (Å²) >= 11 is 5.82. The number of nitrogens with one attached hydrogen (secondary N) is 1. The van der Waals surface area contributed by atoms with E-state index >= 15 is 0 Å². The van der Waals surface area contributed by atoms with Crippen molar-refractivity contribution in [3.05, 3.63) is 34.9 Å². The largest absolute Gasteiger partial charge is 0.481 e. The molecule has 2 N–H and O–H groups in total. The molecule has 0 aromatic heterocycles. The van der Waals surface area contributed by atoms with E-state index in [1.807, 2.05) is 19.1 Å². The van der Waals surface area contributed by atoms with Gasteiger partial charge in [-0.25, -0.2) is 0 Å². The number of hydrogen-bond donors (Lipinski definition) is 2. The van der Waals surface area contributed by atoms with Crippen molar-refractivity contribution in [2.75, 3.05) is 0 Å². The van der Waals surface area contributed by atoms with Gasteiger partial charge in [0, 0.05) is 11.4 Å². The van der Waals surface area contributed by atoms with Crippen LogP contribution in [-0.2, 0) is 9.59 Å². The Morgan fingerprint density at radius 2 is 1.95 bits per heavy atom. The summed E-state index contributed by atoms with van der Waals surface area (Å²) in [5.74, 6) is -1.08. The monoisotopic (exact) mass is 295 g/mol. The minimum atomic E-state index is -0.863. The van der Waals surface area contributed by atoms with Gasteiger partial charge in [0.05, 0.1) is 11.5 Å². The maximum atomic E-state index is 12.0. The molecule has 1 saturated carbocycles. The second kappa shape index (κ2) is 5.83. The molecule has 20 heavy (non-hydrogen) atoms. The van der Waals surface area contributed by atoms with Crippen LogP contribution in [0.1, 0.15) is 44.2 Å². The van der Waals surface area contributed by atoms with Crippen LogP contribution in [-0.4, -0.2) is 17.0 Å². The van der Waals surface area contributed by atoms with Gasteiger partial charge in [-0.1, -0.05) is 30.2 Å². The molecule has 0 spiro atoms. The Morgan fingerprint density at radius 3 is 2.40 bits per heavy atom. The van der Waals surface area contributed by atoms with E-state index in [9.17, 15) is 14.7 Å². The van der Waals surface area contributed by atoms with Crippen molar-refractivity contribution in [3.63, 3.8) is 0 Å². The van der Waals surface area contributed by atoms with Crippen LogP contribution in [0.25, 0.3) is 0 Å². The Bertz CT molecular complexity index is 508. The summed E-state index contributed by atoms with van der Waals surface area (Å²) in [6.45, 7) is 1.87. The van der Waals surface area contributed by atoms with Crippen molar-refractivity contribution in [3.8, 4) is 0 Å². The van der Waals surface area contributed by atoms with E-state index in [-0.39, 0.29) is 18.4 Å². The van der Waals surface area contributed by atoms with Crippen molar-refractivity contribution < 1.29 is 14.7 Å². The Morgan fingerprint density at radius 1 is 1.35 bits per heavy atom. The lowest BCUT2D eigenvalue weighted by Gasteiger charge is -2.37. The maximum absolute atomic E-state index is 12.0. The molecule has 108 valence electrons. The zero-order valence-electron chi connectivity index (χ0n) is 11.4. The predicted molar refractivity (Wildman–Crippen MR) is 76.5 cm³/mol. The highest BCUT2D eigenvalue weighted by atomic mass is 35.5. The predicted octanol–water partition coefficient (Wildman–Crippen LogP) is 3.16. The molecule has 1 aliphatic rings. The van der Waals surface area contributed by atoms with Crippen LogP contribution in [0.4, 0.5) is 0 Å². The molecule has 1 fully saturated rings. The number of carbonyl (C=O) groups is 2. The van der Waals surface area contributed by atoms with Crippen molar-refractivity contribution in [2.24, 2.45) is 5.41 Å². The average molecular weight is 296 g/mol. The molecule has 1 aromatic carbocycles. The second-order valence-corrected chi connectivity index (χ2v) is 5.89. The van der Waals surface area contributed by atoms with Gasteiger partial charge >= 0.3 is 5.97 Å². The molecule has 1 aliphatic carbocycles. The molecule has 5 heteroatoms. The molecule has 1 aromatic rings. The van der Waals surface area contributed by atoms with Crippen LogP contribution < -0.4 is 5.32 Å². The molecule has 0 heterocycles. The standard InChI is InChI=1S/C15H18ClNO3/c1-10(11-3-5-12(16)6-4-11)17-13(18)9-15(14(19)20)7-2-8-15/h3-6,10H,2,7-9H2,1H3,(H,17,18)(H,19,20). The molecule has 1 unspecified atom stereocenters. The van der Waals surface area contributed by atoms with Gasteiger partial charge in [-0.15, -0.1) is 0 Å². The van der Waals surface area contributed by atoms with Crippen LogP contribution >= 0.6 is 11.6 Å². The number of carboxylic acid groups (broad SMARTS) is 1. The van der Waals surface area contributed by atoms with Crippen LogP contribution in [0.3, 0.4) is 0 Å². The summed E-state index contributed by atoms with van der Waals surface area (Å²) in [6.07, 6.45) is 2.11. The van der Waals surface area contributed by atoms with Gasteiger partial charge in [-0.3, -0.25) is 9.59 Å². The first-order valence-corrected chi connectivity index (χ1v) is 7.09. The topological polar surface area (TPSA) is 66.4 Å². The minimum absolute atomic E-state index is 0.0558. The fraction of sp³-hybridized carbons (Fsp3) is 0.467. The van der Waals surface area contributed by atoms with Gasteiger partial charge in [0.2, 0.25) is 5.91 Å². The number of benzene rings is 1. The molecular formula is C15H18ClNO3. The minimum Gasteiger partial charge on any atom is -0.481 e. The Labute approximate surface area is 123 Å². The van der Waals surface area contributed by atoms with Crippen molar-refractivity contribution in [1.82, 2.24) is 5.32 Å². The number of rotatable bonds is 5. The third kappa shape index (κ3) is 3.12. The van der Waals surface area contributed by atoms with E-state index in [0.29, 0.717) is 17.9 Å². The van der Waals surface area contributed by atoms with Crippen LogP contribution in [0.5, 0.6) is 0 Å². The quantitative estimate of drug-likeness (QED) is 0.877. The second-order valence-electron chi connectivity index (χ2n) is 5.46. The normalized spacial score (nSPS) is 17.9. The van der Waals surface area contributed by atoms with E-state index in [4.69, 9.17) is 11.6 Å². The van der Waals surface area contributed by atoms with Crippen molar-refractivity contribution in [1.29, 1.82) is 0 Å². The lowest BCUT2D eigenvalue weighted by atomic mass is 9.66. The summed E-state index contributed by atoms with van der Waals surface area (Å²) in [4.78, 5) is 23.2. The zero-order chi connectivity index (χ0) is 14.8. The number of aliphatic carboxylic acids is 1.